The van der Waals surface area contributed by atoms with Gasteiger partial charge in [0.2, 0.25) is 5.91 Å². The van der Waals surface area contributed by atoms with Gasteiger partial charge in [0.25, 0.3) is 10.0 Å². The molecule has 3 atom stereocenters. The maximum absolute atomic E-state index is 13.1. The first-order valence-electron chi connectivity index (χ1n) is 8.74. The van der Waals surface area contributed by atoms with Gasteiger partial charge in [-0.1, -0.05) is 24.3 Å². The fourth-order valence-corrected chi connectivity index (χ4v) is 7.57. The van der Waals surface area contributed by atoms with Crippen molar-refractivity contribution < 1.29 is 18.3 Å². The third-order valence-electron chi connectivity index (χ3n) is 5.60. The van der Waals surface area contributed by atoms with Crippen molar-refractivity contribution in [1.82, 2.24) is 4.90 Å². The average Bonchev–Trinajstić information content (AvgIpc) is 3.00. The molecule has 3 aliphatic rings. The maximum Gasteiger partial charge on any atom is 0.265 e. The Morgan fingerprint density at radius 1 is 1.22 bits per heavy atom. The summed E-state index contributed by atoms with van der Waals surface area (Å²) in [4.78, 5) is 15.2. The number of β-lactam (4-membered cyclic amide) rings is 1. The van der Waals surface area contributed by atoms with Crippen LogP contribution in [0.25, 0.3) is 10.8 Å². The quantitative estimate of drug-likeness (QED) is 0.798. The molecular weight excluding hydrogens is 384 g/mol. The normalized spacial score (nSPS) is 26.6. The van der Waals surface area contributed by atoms with E-state index in [1.54, 1.807) is 24.0 Å². The topological polar surface area (TPSA) is 77.9 Å². The van der Waals surface area contributed by atoms with Crippen LogP contribution in [0.15, 0.2) is 51.9 Å². The minimum absolute atomic E-state index is 0.0929. The number of nitrogens with zero attached hydrogens (tertiary/aromatic N) is 2. The van der Waals surface area contributed by atoms with Crippen molar-refractivity contribution in [2.75, 3.05) is 10.8 Å². The Labute approximate surface area is 161 Å². The molecule has 2 aromatic carbocycles. The molecule has 0 unspecified atom stereocenters. The van der Waals surface area contributed by atoms with Crippen LogP contribution in [0.2, 0.25) is 0 Å². The monoisotopic (exact) mass is 402 g/mol. The van der Waals surface area contributed by atoms with Crippen LogP contribution >= 0.6 is 11.8 Å². The zero-order valence-electron chi connectivity index (χ0n) is 14.8. The summed E-state index contributed by atoms with van der Waals surface area (Å²) in [5.74, 6) is -0.525. The number of hydrogen-bond donors (Lipinski definition) is 1. The molecule has 0 aromatic heterocycles. The Bertz CT molecular complexity index is 1130. The van der Waals surface area contributed by atoms with Gasteiger partial charge in [0.05, 0.1) is 29.1 Å². The van der Waals surface area contributed by atoms with E-state index >= 15 is 0 Å². The lowest BCUT2D eigenvalue weighted by atomic mass is 9.92. The van der Waals surface area contributed by atoms with Crippen molar-refractivity contribution in [3.63, 3.8) is 0 Å². The van der Waals surface area contributed by atoms with Crippen LogP contribution in [0.4, 0.5) is 5.69 Å². The maximum atomic E-state index is 13.1. The molecule has 140 valence electrons. The first-order chi connectivity index (χ1) is 12.8. The van der Waals surface area contributed by atoms with E-state index in [9.17, 15) is 18.3 Å². The van der Waals surface area contributed by atoms with E-state index in [1.165, 1.54) is 16.1 Å². The third kappa shape index (κ3) is 2.11. The molecule has 27 heavy (non-hydrogen) atoms. The number of amides is 1. The van der Waals surface area contributed by atoms with Gasteiger partial charge in [-0.25, -0.2) is 8.42 Å². The van der Waals surface area contributed by atoms with Crippen molar-refractivity contribution in [2.45, 2.75) is 30.2 Å². The fraction of sp³-hybridized carbons (Fsp3) is 0.316. The van der Waals surface area contributed by atoms with Crippen molar-refractivity contribution in [3.05, 3.63) is 47.0 Å². The van der Waals surface area contributed by atoms with Gasteiger partial charge in [-0.3, -0.25) is 9.10 Å². The number of aliphatic hydroxyl groups is 1. The van der Waals surface area contributed by atoms with Gasteiger partial charge in [-0.2, -0.15) is 0 Å². The molecule has 0 aliphatic carbocycles. The van der Waals surface area contributed by atoms with E-state index in [0.717, 1.165) is 21.4 Å². The van der Waals surface area contributed by atoms with Crippen molar-refractivity contribution in [2.24, 2.45) is 5.92 Å². The lowest BCUT2D eigenvalue weighted by Crippen LogP contribution is -2.59. The predicted octanol–water partition coefficient (Wildman–Crippen LogP) is 2.49. The van der Waals surface area contributed by atoms with E-state index in [0.29, 0.717) is 10.6 Å². The predicted molar refractivity (Wildman–Crippen MR) is 105 cm³/mol. The van der Waals surface area contributed by atoms with Gasteiger partial charge in [-0.05, 0) is 31.4 Å². The average molecular weight is 402 g/mol. The van der Waals surface area contributed by atoms with Crippen LogP contribution in [0.1, 0.15) is 13.8 Å². The van der Waals surface area contributed by atoms with Gasteiger partial charge >= 0.3 is 0 Å². The van der Waals surface area contributed by atoms with Gasteiger partial charge < -0.3 is 10.0 Å². The molecule has 1 amide bonds. The van der Waals surface area contributed by atoms with Crippen molar-refractivity contribution in [3.8, 4) is 0 Å². The summed E-state index contributed by atoms with van der Waals surface area (Å²) >= 11 is 1.48. The van der Waals surface area contributed by atoms with Crippen LogP contribution in [0.3, 0.4) is 0 Å². The second-order valence-corrected chi connectivity index (χ2v) is 10.2. The molecule has 0 bridgehead atoms. The number of carbonyl (C=O) groups excluding carboxylic acids is 1. The molecule has 5 rings (SSSR count). The fourth-order valence-electron chi connectivity index (χ4n) is 4.19. The van der Waals surface area contributed by atoms with E-state index in [1.807, 2.05) is 31.2 Å². The number of aliphatic hydroxyl groups excluding tert-OH is 1. The first kappa shape index (κ1) is 17.1. The van der Waals surface area contributed by atoms with Crippen LogP contribution in [0.5, 0.6) is 0 Å². The minimum Gasteiger partial charge on any atom is -0.392 e. The number of benzene rings is 2. The largest absolute Gasteiger partial charge is 0.392 e. The molecule has 0 radical (unpaired) electrons. The number of anilines is 1. The van der Waals surface area contributed by atoms with Crippen molar-refractivity contribution >= 4 is 44.2 Å². The molecule has 3 aliphatic heterocycles. The lowest BCUT2D eigenvalue weighted by molar-refractivity contribution is -0.152. The Hall–Kier alpha value is -2.03. The number of allylic oxidation sites excluding steroid dienone is 1. The summed E-state index contributed by atoms with van der Waals surface area (Å²) in [5, 5.41) is 11.4. The highest BCUT2D eigenvalue weighted by Gasteiger charge is 2.55. The third-order valence-corrected chi connectivity index (χ3v) is 8.86. The summed E-state index contributed by atoms with van der Waals surface area (Å²) in [6.07, 6.45) is -0.716. The second-order valence-electron chi connectivity index (χ2n) is 7.13. The molecular formula is C19H18N2O4S2. The Balaban J connectivity index is 1.54. The van der Waals surface area contributed by atoms with E-state index in [2.05, 4.69) is 0 Å². The lowest BCUT2D eigenvalue weighted by Gasteiger charge is -2.44. The molecule has 8 heteroatoms. The summed E-state index contributed by atoms with van der Waals surface area (Å²) in [6, 6.07) is 10.9. The summed E-state index contributed by atoms with van der Waals surface area (Å²) in [7, 11) is -3.63. The van der Waals surface area contributed by atoms with Crippen LogP contribution < -0.4 is 4.31 Å². The molecule has 0 spiro atoms. The highest BCUT2D eigenvalue weighted by Crippen LogP contribution is 2.51. The van der Waals surface area contributed by atoms with Crippen molar-refractivity contribution in [1.29, 1.82) is 0 Å². The van der Waals surface area contributed by atoms with E-state index in [-0.39, 0.29) is 17.8 Å². The number of thioether (sulfide) groups is 1. The smallest absolute Gasteiger partial charge is 0.265 e. The number of rotatable bonds is 3. The highest BCUT2D eigenvalue weighted by molar-refractivity contribution is 8.04. The molecule has 0 saturated carbocycles. The van der Waals surface area contributed by atoms with E-state index in [4.69, 9.17) is 0 Å². The van der Waals surface area contributed by atoms with Gasteiger partial charge in [0, 0.05) is 16.0 Å². The van der Waals surface area contributed by atoms with E-state index < -0.39 is 22.0 Å². The second kappa shape index (κ2) is 5.50. The molecule has 3 heterocycles. The van der Waals surface area contributed by atoms with Crippen LogP contribution in [-0.2, 0) is 14.8 Å². The zero-order valence-corrected chi connectivity index (χ0v) is 16.4. The van der Waals surface area contributed by atoms with Crippen LogP contribution in [-0.4, -0.2) is 42.4 Å². The molecule has 2 aromatic rings. The number of hydrogen-bond acceptors (Lipinski definition) is 5. The molecule has 1 saturated heterocycles. The standard InChI is InChI=1S/C19H18N2O4S2/c1-10-14(26-19-16(11(2)22)18(23)21(10)19)9-20-13-7-3-5-12-6-4-8-15(17(12)13)27(20,24)25/h3-8,11,16,19,22H,9H2,1-2H3/t11-,16+,19-/m1/s1. The number of sulfonamides is 1. The van der Waals surface area contributed by atoms with Crippen LogP contribution in [0, 0.1) is 5.92 Å². The Morgan fingerprint density at radius 2 is 1.93 bits per heavy atom. The SMILES string of the molecule is CC1=C(CN2c3cccc4cccc(c34)S2(=O)=O)S[C@@H]2[C@@H]([C@@H](C)O)C(=O)N12. The molecule has 6 nitrogen and oxygen atoms in total. The van der Waals surface area contributed by atoms with Gasteiger partial charge in [0.15, 0.2) is 0 Å². The number of carbonyl (C=O) groups is 1. The summed E-state index contributed by atoms with van der Waals surface area (Å²) in [5.41, 5.74) is 1.46. The Morgan fingerprint density at radius 3 is 2.63 bits per heavy atom. The minimum atomic E-state index is -3.63. The highest BCUT2D eigenvalue weighted by atomic mass is 32.2. The number of fused-ring (bicyclic) bond motifs is 1. The summed E-state index contributed by atoms with van der Waals surface area (Å²) < 4.78 is 27.7. The first-order valence-corrected chi connectivity index (χ1v) is 11.1. The molecule has 1 fully saturated rings. The van der Waals surface area contributed by atoms with Gasteiger partial charge in [0.1, 0.15) is 5.37 Å². The zero-order chi connectivity index (χ0) is 19.1. The Kier molecular flexibility index (Phi) is 3.48. The van der Waals surface area contributed by atoms with Gasteiger partial charge in [-0.15, -0.1) is 11.8 Å². The summed E-state index contributed by atoms with van der Waals surface area (Å²) in [6.45, 7) is 3.66. The molecule has 1 N–H and O–H groups in total.